The van der Waals surface area contributed by atoms with E-state index in [0.717, 1.165) is 21.5 Å². The van der Waals surface area contributed by atoms with Crippen LogP contribution in [0.2, 0.25) is 0 Å². The molecule has 0 saturated heterocycles. The van der Waals surface area contributed by atoms with Crippen molar-refractivity contribution in [2.24, 2.45) is 0 Å². The summed E-state index contributed by atoms with van der Waals surface area (Å²) >= 11 is 3.24. The molecule has 3 rings (SSSR count). The molecule has 5 heteroatoms. The van der Waals surface area contributed by atoms with Crippen LogP contribution in [-0.2, 0) is 4.79 Å². The van der Waals surface area contributed by atoms with Gasteiger partial charge in [-0.1, -0.05) is 35.1 Å². The molecule has 0 atom stereocenters. The lowest BCUT2D eigenvalue weighted by molar-refractivity contribution is -0.115. The van der Waals surface area contributed by atoms with Crippen LogP contribution in [0.4, 0.5) is 5.13 Å². The molecule has 24 heavy (non-hydrogen) atoms. The Hall–Kier alpha value is -1.85. The van der Waals surface area contributed by atoms with Gasteiger partial charge in [0.05, 0.1) is 10.2 Å². The normalized spacial score (nSPS) is 11.0. The second-order valence-electron chi connectivity index (χ2n) is 5.91. The number of thioether (sulfide) groups is 1. The van der Waals surface area contributed by atoms with Crippen LogP contribution in [0.1, 0.15) is 23.1 Å². The lowest BCUT2D eigenvalue weighted by atomic mass is 10.1. The minimum absolute atomic E-state index is 0.0167. The Morgan fingerprint density at radius 3 is 2.62 bits per heavy atom. The number of amides is 1. The van der Waals surface area contributed by atoms with Gasteiger partial charge in [-0.2, -0.15) is 0 Å². The average Bonchev–Trinajstić information content (AvgIpc) is 2.92. The molecule has 1 N–H and O–H groups in total. The number of nitrogens with one attached hydrogen (secondary N) is 1. The van der Waals surface area contributed by atoms with E-state index >= 15 is 0 Å². The molecule has 1 heterocycles. The Kier molecular flexibility index (Phi) is 5.21. The first kappa shape index (κ1) is 17.0. The van der Waals surface area contributed by atoms with Gasteiger partial charge < -0.3 is 5.32 Å². The van der Waals surface area contributed by atoms with E-state index in [1.54, 1.807) is 11.8 Å². The van der Waals surface area contributed by atoms with Crippen molar-refractivity contribution in [1.29, 1.82) is 0 Å². The van der Waals surface area contributed by atoms with Gasteiger partial charge in [-0.25, -0.2) is 4.98 Å². The Balaban J connectivity index is 1.57. The van der Waals surface area contributed by atoms with Crippen LogP contribution in [0.25, 0.3) is 10.2 Å². The summed E-state index contributed by atoms with van der Waals surface area (Å²) in [5.74, 6) is 0.779. The lowest BCUT2D eigenvalue weighted by Crippen LogP contribution is -2.11. The third kappa shape index (κ3) is 4.16. The molecular weight excluding hydrogens is 336 g/mol. The Morgan fingerprint density at radius 2 is 1.88 bits per heavy atom. The van der Waals surface area contributed by atoms with Gasteiger partial charge in [-0.05, 0) is 50.1 Å². The van der Waals surface area contributed by atoms with E-state index in [0.29, 0.717) is 11.6 Å². The zero-order chi connectivity index (χ0) is 17.1. The van der Waals surface area contributed by atoms with E-state index in [2.05, 4.69) is 67.5 Å². The van der Waals surface area contributed by atoms with Gasteiger partial charge in [0.25, 0.3) is 0 Å². The maximum Gasteiger partial charge on any atom is 0.226 e. The topological polar surface area (TPSA) is 42.0 Å². The van der Waals surface area contributed by atoms with Gasteiger partial charge in [0.15, 0.2) is 5.13 Å². The van der Waals surface area contributed by atoms with Gasteiger partial charge in [0, 0.05) is 17.1 Å². The molecule has 3 aromatic rings. The Bertz CT molecular complexity index is 869. The van der Waals surface area contributed by atoms with Gasteiger partial charge in [-0.15, -0.1) is 11.8 Å². The third-order valence-electron chi connectivity index (χ3n) is 3.70. The summed E-state index contributed by atoms with van der Waals surface area (Å²) in [5, 5.41) is 3.61. The quantitative estimate of drug-likeness (QED) is 0.627. The number of carbonyl (C=O) groups is 1. The fraction of sp³-hybridized carbons (Fsp3) is 0.263. The number of aromatic nitrogens is 1. The molecule has 3 nitrogen and oxygen atoms in total. The molecule has 0 aliphatic carbocycles. The number of aryl methyl sites for hydroxylation is 3. The standard InChI is InChI=1S/C19H20N2OS2/c1-12-4-6-15(7-5-12)23-9-8-17(22)20-19-21-18-14(3)10-13(2)11-16(18)24-19/h4-7,10-11H,8-9H2,1-3H3,(H,20,21,22). The average molecular weight is 357 g/mol. The van der Waals surface area contributed by atoms with Crippen LogP contribution in [0.3, 0.4) is 0 Å². The van der Waals surface area contributed by atoms with Crippen LogP contribution in [0, 0.1) is 20.8 Å². The first-order valence-corrected chi connectivity index (χ1v) is 9.68. The van der Waals surface area contributed by atoms with Crippen molar-refractivity contribution < 1.29 is 4.79 Å². The highest BCUT2D eigenvalue weighted by molar-refractivity contribution is 7.99. The summed E-state index contributed by atoms with van der Waals surface area (Å²) in [6.45, 7) is 6.20. The lowest BCUT2D eigenvalue weighted by Gasteiger charge is -2.03. The number of anilines is 1. The number of hydrogen-bond acceptors (Lipinski definition) is 4. The van der Waals surface area contributed by atoms with E-state index in [1.165, 1.54) is 27.4 Å². The molecule has 124 valence electrons. The molecule has 0 fully saturated rings. The third-order valence-corrected chi connectivity index (χ3v) is 5.63. The first-order valence-electron chi connectivity index (χ1n) is 7.88. The largest absolute Gasteiger partial charge is 0.302 e. The fourth-order valence-corrected chi connectivity index (χ4v) is 4.41. The van der Waals surface area contributed by atoms with E-state index in [4.69, 9.17) is 0 Å². The zero-order valence-electron chi connectivity index (χ0n) is 14.1. The molecule has 0 radical (unpaired) electrons. The van der Waals surface area contributed by atoms with Crippen molar-refractivity contribution in [3.05, 3.63) is 53.1 Å². The Morgan fingerprint density at radius 1 is 1.12 bits per heavy atom. The summed E-state index contributed by atoms with van der Waals surface area (Å²) in [5.41, 5.74) is 4.60. The minimum atomic E-state index is 0.0167. The number of hydrogen-bond donors (Lipinski definition) is 1. The minimum Gasteiger partial charge on any atom is -0.302 e. The summed E-state index contributed by atoms with van der Waals surface area (Å²) in [4.78, 5) is 17.9. The van der Waals surface area contributed by atoms with Gasteiger partial charge in [0.1, 0.15) is 0 Å². The molecular formula is C19H20N2OS2. The van der Waals surface area contributed by atoms with Crippen LogP contribution in [-0.4, -0.2) is 16.6 Å². The predicted octanol–water partition coefficient (Wildman–Crippen LogP) is 5.34. The molecule has 1 amide bonds. The van der Waals surface area contributed by atoms with Crippen molar-refractivity contribution in [2.45, 2.75) is 32.1 Å². The second kappa shape index (κ2) is 7.36. The number of carbonyl (C=O) groups excluding carboxylic acids is 1. The molecule has 0 aliphatic rings. The highest BCUT2D eigenvalue weighted by atomic mass is 32.2. The number of fused-ring (bicyclic) bond motifs is 1. The van der Waals surface area contributed by atoms with Crippen molar-refractivity contribution in [2.75, 3.05) is 11.1 Å². The molecule has 2 aromatic carbocycles. The smallest absolute Gasteiger partial charge is 0.226 e. The van der Waals surface area contributed by atoms with E-state index in [1.807, 2.05) is 0 Å². The summed E-state index contributed by atoms with van der Waals surface area (Å²) in [6.07, 6.45) is 0.479. The van der Waals surface area contributed by atoms with Gasteiger partial charge in [0.2, 0.25) is 5.91 Å². The number of thiazole rings is 1. The van der Waals surface area contributed by atoms with Crippen LogP contribution in [0.15, 0.2) is 41.3 Å². The summed E-state index contributed by atoms with van der Waals surface area (Å²) in [6, 6.07) is 12.6. The molecule has 0 saturated carbocycles. The van der Waals surface area contributed by atoms with Gasteiger partial charge >= 0.3 is 0 Å². The van der Waals surface area contributed by atoms with Crippen LogP contribution < -0.4 is 5.32 Å². The monoisotopic (exact) mass is 356 g/mol. The van der Waals surface area contributed by atoms with Crippen molar-refractivity contribution in [1.82, 2.24) is 4.98 Å². The zero-order valence-corrected chi connectivity index (χ0v) is 15.7. The number of benzene rings is 2. The van der Waals surface area contributed by atoms with Crippen molar-refractivity contribution >= 4 is 44.4 Å². The maximum absolute atomic E-state index is 12.1. The van der Waals surface area contributed by atoms with Crippen molar-refractivity contribution in [3.63, 3.8) is 0 Å². The van der Waals surface area contributed by atoms with Crippen molar-refractivity contribution in [3.8, 4) is 0 Å². The summed E-state index contributed by atoms with van der Waals surface area (Å²) < 4.78 is 1.12. The van der Waals surface area contributed by atoms with Crippen LogP contribution in [0.5, 0.6) is 0 Å². The molecule has 0 bridgehead atoms. The van der Waals surface area contributed by atoms with Crippen LogP contribution >= 0.6 is 23.1 Å². The Labute approximate surface area is 150 Å². The van der Waals surface area contributed by atoms with E-state index in [9.17, 15) is 4.79 Å². The SMILES string of the molecule is Cc1ccc(SCCC(=O)Nc2nc3c(C)cc(C)cc3s2)cc1. The number of nitrogens with zero attached hydrogens (tertiary/aromatic N) is 1. The number of rotatable bonds is 5. The molecule has 0 spiro atoms. The molecule has 0 aliphatic heterocycles. The highest BCUT2D eigenvalue weighted by Crippen LogP contribution is 2.29. The second-order valence-corrected chi connectivity index (χ2v) is 8.11. The molecule has 0 unspecified atom stereocenters. The predicted molar refractivity (Wildman–Crippen MR) is 104 cm³/mol. The first-order chi connectivity index (χ1) is 11.5. The van der Waals surface area contributed by atoms with Gasteiger partial charge in [-0.3, -0.25) is 4.79 Å². The molecule has 1 aromatic heterocycles. The summed E-state index contributed by atoms with van der Waals surface area (Å²) in [7, 11) is 0. The fourth-order valence-electron chi connectivity index (χ4n) is 2.50. The van der Waals surface area contributed by atoms with E-state index < -0.39 is 0 Å². The highest BCUT2D eigenvalue weighted by Gasteiger charge is 2.10. The van der Waals surface area contributed by atoms with E-state index in [-0.39, 0.29) is 5.91 Å². The maximum atomic E-state index is 12.1.